The molecule has 0 aromatic rings. The molecule has 0 radical (unpaired) electrons. The van der Waals surface area contributed by atoms with Crippen molar-refractivity contribution in [1.29, 1.82) is 0 Å². The van der Waals surface area contributed by atoms with Gasteiger partial charge in [-0.3, -0.25) is 4.79 Å². The number of unbranched alkanes of at least 4 members (excludes halogenated alkanes) is 6. The number of carboxylic acids is 1. The first-order valence-electron chi connectivity index (χ1n) is 6.63. The average molecular weight is 228 g/mol. The van der Waals surface area contributed by atoms with Gasteiger partial charge in [0, 0.05) is 6.42 Å². The van der Waals surface area contributed by atoms with E-state index in [1.165, 1.54) is 38.5 Å². The molecule has 0 aliphatic rings. The summed E-state index contributed by atoms with van der Waals surface area (Å²) < 4.78 is 0. The first-order chi connectivity index (χ1) is 7.42. The number of aliphatic carboxylic acids is 1. The van der Waals surface area contributed by atoms with Gasteiger partial charge in [-0.05, 0) is 18.3 Å². The Morgan fingerprint density at radius 3 is 1.75 bits per heavy atom. The van der Waals surface area contributed by atoms with Crippen molar-refractivity contribution in [2.24, 2.45) is 5.41 Å². The molecule has 0 bridgehead atoms. The van der Waals surface area contributed by atoms with Crippen molar-refractivity contribution in [3.8, 4) is 0 Å². The molecule has 1 N–H and O–H groups in total. The van der Waals surface area contributed by atoms with Crippen LogP contribution in [0.4, 0.5) is 0 Å². The smallest absolute Gasteiger partial charge is 0.303 e. The second kappa shape index (κ2) is 8.60. The van der Waals surface area contributed by atoms with E-state index in [1.807, 2.05) is 0 Å². The maximum atomic E-state index is 10.3. The molecule has 0 saturated carbocycles. The van der Waals surface area contributed by atoms with Crippen LogP contribution in [-0.2, 0) is 4.79 Å². The van der Waals surface area contributed by atoms with Crippen LogP contribution >= 0.6 is 0 Å². The highest BCUT2D eigenvalue weighted by atomic mass is 16.4. The van der Waals surface area contributed by atoms with Gasteiger partial charge in [-0.1, -0.05) is 59.3 Å². The summed E-state index contributed by atoms with van der Waals surface area (Å²) in [4.78, 5) is 10.3. The van der Waals surface area contributed by atoms with Gasteiger partial charge in [0.15, 0.2) is 0 Å². The van der Waals surface area contributed by atoms with Gasteiger partial charge in [0.25, 0.3) is 0 Å². The van der Waals surface area contributed by atoms with Crippen LogP contribution in [0.25, 0.3) is 0 Å². The summed E-state index contributed by atoms with van der Waals surface area (Å²) in [6.07, 6.45) is 10.0. The SMILES string of the molecule is CC(C)(C)CCCCCCCCCC(=O)O. The molecule has 0 aliphatic heterocycles. The molecule has 0 aromatic heterocycles. The van der Waals surface area contributed by atoms with Crippen LogP contribution in [0.1, 0.15) is 78.6 Å². The number of carbonyl (C=O) groups is 1. The van der Waals surface area contributed by atoms with E-state index < -0.39 is 5.97 Å². The second-order valence-electron chi connectivity index (χ2n) is 5.93. The lowest BCUT2D eigenvalue weighted by atomic mass is 9.89. The molecular formula is C14H28O2. The summed E-state index contributed by atoms with van der Waals surface area (Å²) in [5.41, 5.74) is 0.474. The second-order valence-corrected chi connectivity index (χ2v) is 5.93. The molecule has 0 unspecified atom stereocenters. The predicted molar refractivity (Wildman–Crippen MR) is 68.6 cm³/mol. The lowest BCUT2D eigenvalue weighted by Gasteiger charge is -2.17. The molecule has 96 valence electrons. The zero-order valence-electron chi connectivity index (χ0n) is 11.2. The molecular weight excluding hydrogens is 200 g/mol. The molecule has 0 rings (SSSR count). The first-order valence-corrected chi connectivity index (χ1v) is 6.63. The van der Waals surface area contributed by atoms with E-state index in [2.05, 4.69) is 20.8 Å². The minimum absolute atomic E-state index is 0.337. The van der Waals surface area contributed by atoms with Gasteiger partial charge >= 0.3 is 5.97 Å². The number of carboxylic acid groups (broad SMARTS) is 1. The molecule has 0 amide bonds. The standard InChI is InChI=1S/C14H28O2/c1-14(2,3)12-10-8-6-4-5-7-9-11-13(15)16/h4-12H2,1-3H3,(H,15,16). The third kappa shape index (κ3) is 13.5. The third-order valence-corrected chi connectivity index (χ3v) is 2.82. The first kappa shape index (κ1) is 15.5. The highest BCUT2D eigenvalue weighted by molar-refractivity contribution is 5.66. The Morgan fingerprint density at radius 2 is 1.31 bits per heavy atom. The van der Waals surface area contributed by atoms with E-state index in [9.17, 15) is 4.79 Å². The fraction of sp³-hybridized carbons (Fsp3) is 0.929. The van der Waals surface area contributed by atoms with Crippen molar-refractivity contribution in [3.05, 3.63) is 0 Å². The molecule has 0 atom stereocenters. The Balaban J connectivity index is 3.07. The van der Waals surface area contributed by atoms with Crippen LogP contribution in [0.2, 0.25) is 0 Å². The zero-order chi connectivity index (χ0) is 12.4. The topological polar surface area (TPSA) is 37.3 Å². The van der Waals surface area contributed by atoms with Crippen molar-refractivity contribution in [2.45, 2.75) is 78.6 Å². The summed E-state index contributed by atoms with van der Waals surface area (Å²) in [6.45, 7) is 6.87. The molecule has 0 fully saturated rings. The Morgan fingerprint density at radius 1 is 0.875 bits per heavy atom. The monoisotopic (exact) mass is 228 g/mol. The van der Waals surface area contributed by atoms with Crippen molar-refractivity contribution in [2.75, 3.05) is 0 Å². The van der Waals surface area contributed by atoms with E-state index in [0.717, 1.165) is 12.8 Å². The van der Waals surface area contributed by atoms with Crippen LogP contribution in [0.15, 0.2) is 0 Å². The van der Waals surface area contributed by atoms with Crippen molar-refractivity contribution in [3.63, 3.8) is 0 Å². The zero-order valence-corrected chi connectivity index (χ0v) is 11.2. The Kier molecular flexibility index (Phi) is 8.32. The van der Waals surface area contributed by atoms with Crippen molar-refractivity contribution in [1.82, 2.24) is 0 Å². The van der Waals surface area contributed by atoms with E-state index in [0.29, 0.717) is 11.8 Å². The van der Waals surface area contributed by atoms with E-state index in [4.69, 9.17) is 5.11 Å². The molecule has 16 heavy (non-hydrogen) atoms. The number of hydrogen-bond acceptors (Lipinski definition) is 1. The van der Waals surface area contributed by atoms with Gasteiger partial charge in [-0.15, -0.1) is 0 Å². The van der Waals surface area contributed by atoms with Crippen LogP contribution in [0.3, 0.4) is 0 Å². The summed E-state index contributed by atoms with van der Waals surface area (Å²) >= 11 is 0. The van der Waals surface area contributed by atoms with E-state index in [1.54, 1.807) is 0 Å². The summed E-state index contributed by atoms with van der Waals surface area (Å²) in [6, 6.07) is 0. The molecule has 0 spiro atoms. The highest BCUT2D eigenvalue weighted by Crippen LogP contribution is 2.22. The van der Waals surface area contributed by atoms with Gasteiger partial charge in [-0.2, -0.15) is 0 Å². The third-order valence-electron chi connectivity index (χ3n) is 2.82. The van der Waals surface area contributed by atoms with Gasteiger partial charge in [0.2, 0.25) is 0 Å². The summed E-state index contributed by atoms with van der Waals surface area (Å²) in [7, 11) is 0. The van der Waals surface area contributed by atoms with Gasteiger partial charge in [0.1, 0.15) is 0 Å². The molecule has 2 nitrogen and oxygen atoms in total. The van der Waals surface area contributed by atoms with Crippen LogP contribution in [-0.4, -0.2) is 11.1 Å². The number of rotatable bonds is 9. The van der Waals surface area contributed by atoms with Crippen LogP contribution < -0.4 is 0 Å². The summed E-state index contributed by atoms with van der Waals surface area (Å²) in [5, 5.41) is 8.46. The van der Waals surface area contributed by atoms with Gasteiger partial charge in [-0.25, -0.2) is 0 Å². The average Bonchev–Trinajstić information content (AvgIpc) is 2.13. The molecule has 0 heterocycles. The normalized spacial score (nSPS) is 11.7. The van der Waals surface area contributed by atoms with E-state index in [-0.39, 0.29) is 0 Å². The quantitative estimate of drug-likeness (QED) is 0.584. The maximum Gasteiger partial charge on any atom is 0.303 e. The maximum absolute atomic E-state index is 10.3. The lowest BCUT2D eigenvalue weighted by molar-refractivity contribution is -0.137. The molecule has 0 aromatic carbocycles. The predicted octanol–water partition coefficient (Wildman–Crippen LogP) is 4.63. The molecule has 2 heteroatoms. The van der Waals surface area contributed by atoms with Gasteiger partial charge in [0.05, 0.1) is 0 Å². The van der Waals surface area contributed by atoms with Gasteiger partial charge < -0.3 is 5.11 Å². The Bertz CT molecular complexity index is 180. The minimum Gasteiger partial charge on any atom is -0.481 e. The highest BCUT2D eigenvalue weighted by Gasteiger charge is 2.08. The fourth-order valence-corrected chi connectivity index (χ4v) is 1.82. The summed E-state index contributed by atoms with van der Waals surface area (Å²) in [5.74, 6) is -0.662. The lowest BCUT2D eigenvalue weighted by Crippen LogP contribution is -2.03. The minimum atomic E-state index is -0.662. The molecule has 0 aliphatic carbocycles. The Hall–Kier alpha value is -0.530. The largest absolute Gasteiger partial charge is 0.481 e. The Labute approximate surface area is 100 Å². The number of hydrogen-bond donors (Lipinski definition) is 1. The van der Waals surface area contributed by atoms with Crippen molar-refractivity contribution < 1.29 is 9.90 Å². The van der Waals surface area contributed by atoms with Crippen LogP contribution in [0, 0.1) is 5.41 Å². The fourth-order valence-electron chi connectivity index (χ4n) is 1.82. The van der Waals surface area contributed by atoms with E-state index >= 15 is 0 Å². The van der Waals surface area contributed by atoms with Crippen molar-refractivity contribution >= 4 is 5.97 Å². The molecule has 0 saturated heterocycles. The van der Waals surface area contributed by atoms with Crippen LogP contribution in [0.5, 0.6) is 0 Å².